The zero-order valence-electron chi connectivity index (χ0n) is 6.00. The third kappa shape index (κ3) is 5.24. The summed E-state index contributed by atoms with van der Waals surface area (Å²) in [6.07, 6.45) is 0.161. The second kappa shape index (κ2) is 5.14. The minimum atomic E-state index is -4.68. The summed E-state index contributed by atoms with van der Waals surface area (Å²) in [7, 11) is -4.68. The van der Waals surface area contributed by atoms with Gasteiger partial charge in [0.2, 0.25) is 0 Å². The molecule has 0 rings (SSSR count). The molecule has 0 N–H and O–H groups in total. The zero-order chi connectivity index (χ0) is 7.49. The molecule has 56 valence electrons. The van der Waals surface area contributed by atoms with Crippen LogP contribution in [-0.2, 0) is 10.1 Å². The van der Waals surface area contributed by atoms with Crippen LogP contribution in [0.4, 0.5) is 4.39 Å². The SMILES string of the molecule is CCCC(F)S(=O)(=O)[O-].[Li+]. The van der Waals surface area contributed by atoms with E-state index in [1.54, 1.807) is 6.92 Å². The van der Waals surface area contributed by atoms with Gasteiger partial charge in [0.05, 0.1) is 0 Å². The summed E-state index contributed by atoms with van der Waals surface area (Å²) in [5.74, 6) is 0. The topological polar surface area (TPSA) is 57.2 Å². The summed E-state index contributed by atoms with van der Waals surface area (Å²) >= 11 is 0. The Morgan fingerprint density at radius 3 is 2.10 bits per heavy atom. The standard InChI is InChI=1S/C4H9FO3S.Li/c1-2-3-4(5)9(6,7)8;/h4H,2-3H2,1H3,(H,6,7,8);/q;+1/p-1. The zero-order valence-corrected chi connectivity index (χ0v) is 6.82. The van der Waals surface area contributed by atoms with E-state index in [4.69, 9.17) is 0 Å². The normalized spacial score (nSPS) is 13.9. The third-order valence-electron chi connectivity index (χ3n) is 0.829. The van der Waals surface area contributed by atoms with Crippen LogP contribution in [0.2, 0.25) is 0 Å². The molecule has 0 aromatic rings. The Morgan fingerprint density at radius 2 is 2.00 bits per heavy atom. The fourth-order valence-electron chi connectivity index (χ4n) is 0.371. The van der Waals surface area contributed by atoms with Crippen LogP contribution >= 0.6 is 0 Å². The molecule has 0 saturated heterocycles. The van der Waals surface area contributed by atoms with E-state index in [1.807, 2.05) is 0 Å². The van der Waals surface area contributed by atoms with Crippen molar-refractivity contribution in [3.05, 3.63) is 0 Å². The van der Waals surface area contributed by atoms with Crippen molar-refractivity contribution >= 4 is 10.1 Å². The summed E-state index contributed by atoms with van der Waals surface area (Å²) in [6.45, 7) is 1.61. The van der Waals surface area contributed by atoms with E-state index in [0.717, 1.165) is 0 Å². The summed E-state index contributed by atoms with van der Waals surface area (Å²) < 4.78 is 41.4. The Morgan fingerprint density at radius 1 is 1.60 bits per heavy atom. The molecule has 0 saturated carbocycles. The molecule has 0 fully saturated rings. The molecule has 0 heterocycles. The first kappa shape index (κ1) is 13.1. The molecule has 1 unspecified atom stereocenters. The third-order valence-corrected chi connectivity index (χ3v) is 1.69. The Bertz CT molecular complexity index is 167. The monoisotopic (exact) mass is 162 g/mol. The number of alkyl halides is 1. The van der Waals surface area contributed by atoms with Crippen molar-refractivity contribution in [3.8, 4) is 0 Å². The predicted molar refractivity (Wildman–Crippen MR) is 29.5 cm³/mol. The quantitative estimate of drug-likeness (QED) is 0.344. The summed E-state index contributed by atoms with van der Waals surface area (Å²) in [5, 5.41) is 0. The van der Waals surface area contributed by atoms with Crippen molar-refractivity contribution in [2.45, 2.75) is 25.3 Å². The van der Waals surface area contributed by atoms with Gasteiger partial charge in [0.1, 0.15) is 10.1 Å². The Hall–Kier alpha value is 0.437. The number of hydrogen-bond donors (Lipinski definition) is 0. The fraction of sp³-hybridized carbons (Fsp3) is 1.00. The molecule has 0 aliphatic heterocycles. The fourth-order valence-corrected chi connectivity index (χ4v) is 0.896. The van der Waals surface area contributed by atoms with E-state index in [2.05, 4.69) is 0 Å². The Balaban J connectivity index is 0. The van der Waals surface area contributed by atoms with Crippen LogP contribution in [0.1, 0.15) is 19.8 Å². The minimum absolute atomic E-state index is 0. The van der Waals surface area contributed by atoms with Gasteiger partial charge in [-0.15, -0.1) is 0 Å². The van der Waals surface area contributed by atoms with Crippen molar-refractivity contribution in [1.29, 1.82) is 0 Å². The van der Waals surface area contributed by atoms with E-state index in [1.165, 1.54) is 0 Å². The molecule has 0 aromatic carbocycles. The summed E-state index contributed by atoms with van der Waals surface area (Å²) in [6, 6.07) is 0. The number of hydrogen-bond acceptors (Lipinski definition) is 3. The van der Waals surface area contributed by atoms with Gasteiger partial charge in [-0.2, -0.15) is 0 Å². The molecule has 0 aliphatic carbocycles. The van der Waals surface area contributed by atoms with Crippen LogP contribution in [0.25, 0.3) is 0 Å². The number of halogens is 1. The van der Waals surface area contributed by atoms with Gasteiger partial charge in [-0.05, 0) is 6.42 Å². The van der Waals surface area contributed by atoms with Gasteiger partial charge in [0.25, 0.3) is 0 Å². The molecule has 0 spiro atoms. The molecular formula is C4H8FLiO3S. The van der Waals surface area contributed by atoms with Gasteiger partial charge in [0.15, 0.2) is 5.50 Å². The average molecular weight is 162 g/mol. The van der Waals surface area contributed by atoms with Gasteiger partial charge in [-0.3, -0.25) is 0 Å². The van der Waals surface area contributed by atoms with Crippen molar-refractivity contribution < 1.29 is 36.2 Å². The smallest absolute Gasteiger partial charge is 0.746 e. The summed E-state index contributed by atoms with van der Waals surface area (Å²) in [5.41, 5.74) is -2.22. The molecule has 0 amide bonds. The van der Waals surface area contributed by atoms with Crippen LogP contribution < -0.4 is 18.9 Å². The molecule has 10 heavy (non-hydrogen) atoms. The number of rotatable bonds is 3. The maximum atomic E-state index is 12.0. The maximum absolute atomic E-state index is 12.0. The van der Waals surface area contributed by atoms with E-state index in [9.17, 15) is 17.4 Å². The van der Waals surface area contributed by atoms with Crippen molar-refractivity contribution in [2.24, 2.45) is 0 Å². The Labute approximate surface area is 71.9 Å². The molecule has 0 bridgehead atoms. The van der Waals surface area contributed by atoms with Gasteiger partial charge in [0, 0.05) is 0 Å². The van der Waals surface area contributed by atoms with Gasteiger partial charge in [-0.1, -0.05) is 13.3 Å². The van der Waals surface area contributed by atoms with E-state index >= 15 is 0 Å². The van der Waals surface area contributed by atoms with Gasteiger partial charge in [-0.25, -0.2) is 12.8 Å². The predicted octanol–water partition coefficient (Wildman–Crippen LogP) is -2.37. The van der Waals surface area contributed by atoms with Crippen LogP contribution in [0.3, 0.4) is 0 Å². The molecule has 0 aliphatic rings. The van der Waals surface area contributed by atoms with Crippen LogP contribution in [0.5, 0.6) is 0 Å². The largest absolute Gasteiger partial charge is 1.00 e. The van der Waals surface area contributed by atoms with Crippen LogP contribution in [0, 0.1) is 0 Å². The van der Waals surface area contributed by atoms with E-state index in [-0.39, 0.29) is 25.3 Å². The first-order valence-electron chi connectivity index (χ1n) is 2.57. The van der Waals surface area contributed by atoms with E-state index < -0.39 is 15.6 Å². The first-order chi connectivity index (χ1) is 3.98. The van der Waals surface area contributed by atoms with Crippen LogP contribution in [0.15, 0.2) is 0 Å². The van der Waals surface area contributed by atoms with Gasteiger partial charge < -0.3 is 4.55 Å². The second-order valence-electron chi connectivity index (χ2n) is 1.69. The van der Waals surface area contributed by atoms with Crippen LogP contribution in [-0.4, -0.2) is 18.5 Å². The molecule has 0 aromatic heterocycles. The molecule has 3 nitrogen and oxygen atoms in total. The second-order valence-corrected chi connectivity index (χ2v) is 3.19. The average Bonchev–Trinajstić information content (AvgIpc) is 1.64. The molecule has 1 atom stereocenters. The minimum Gasteiger partial charge on any atom is -0.746 e. The first-order valence-corrected chi connectivity index (χ1v) is 4.04. The molecule has 0 radical (unpaired) electrons. The van der Waals surface area contributed by atoms with E-state index in [0.29, 0.717) is 6.42 Å². The van der Waals surface area contributed by atoms with Crippen molar-refractivity contribution in [3.63, 3.8) is 0 Å². The van der Waals surface area contributed by atoms with Crippen molar-refractivity contribution in [1.82, 2.24) is 0 Å². The Kier molecular flexibility index (Phi) is 6.71. The van der Waals surface area contributed by atoms with Gasteiger partial charge >= 0.3 is 18.9 Å². The maximum Gasteiger partial charge on any atom is 1.00 e. The molecule has 6 heteroatoms. The van der Waals surface area contributed by atoms with Crippen molar-refractivity contribution in [2.75, 3.05) is 0 Å². The summed E-state index contributed by atoms with van der Waals surface area (Å²) in [4.78, 5) is 0. The molecular weight excluding hydrogens is 154 g/mol.